The van der Waals surface area contributed by atoms with E-state index in [1.165, 1.54) is 0 Å². The van der Waals surface area contributed by atoms with Crippen LogP contribution in [0.25, 0.3) is 11.0 Å². The summed E-state index contributed by atoms with van der Waals surface area (Å²) in [5.41, 5.74) is 2.23. The van der Waals surface area contributed by atoms with Gasteiger partial charge in [0.2, 0.25) is 0 Å². The second kappa shape index (κ2) is 12.8. The Morgan fingerprint density at radius 1 is 1.12 bits per heavy atom. The summed E-state index contributed by atoms with van der Waals surface area (Å²) in [6.45, 7) is 18.3. The lowest BCUT2D eigenvalue weighted by Gasteiger charge is -2.34. The van der Waals surface area contributed by atoms with Crippen LogP contribution in [0.1, 0.15) is 68.7 Å². The van der Waals surface area contributed by atoms with Crippen molar-refractivity contribution < 1.29 is 28.5 Å². The SMILES string of the molecule is CCOC(=O)c1cc2c(Oc3cnc4c(c3)CN(C(=O)OC(C)(C)C)C[C@@H]4CC)ccnc2n1COCC[Si](C)(C)C. The molecule has 0 radical (unpaired) electrons. The Balaban J connectivity index is 1.63. The molecule has 0 N–H and O–H groups in total. The number of carbonyl (C=O) groups excluding carboxylic acids is 2. The molecule has 0 spiro atoms. The number of esters is 1. The van der Waals surface area contributed by atoms with Crippen molar-refractivity contribution in [2.45, 2.75) is 91.5 Å². The van der Waals surface area contributed by atoms with Crippen LogP contribution in [0.2, 0.25) is 25.7 Å². The zero-order valence-electron chi connectivity index (χ0n) is 26.2. The molecule has 3 aromatic rings. The van der Waals surface area contributed by atoms with Gasteiger partial charge in [0, 0.05) is 33.3 Å². The van der Waals surface area contributed by atoms with Crippen LogP contribution in [0.15, 0.2) is 30.6 Å². The molecule has 1 atom stereocenters. The van der Waals surface area contributed by atoms with Crippen molar-refractivity contribution >= 4 is 31.2 Å². The topological polar surface area (TPSA) is 105 Å². The van der Waals surface area contributed by atoms with Gasteiger partial charge in [-0.25, -0.2) is 14.6 Å². The number of pyridine rings is 2. The van der Waals surface area contributed by atoms with Crippen LogP contribution in [-0.4, -0.2) is 64.9 Å². The molecule has 0 aliphatic carbocycles. The fraction of sp³-hybridized carbons (Fsp3) is 0.548. The summed E-state index contributed by atoms with van der Waals surface area (Å²) in [6, 6.07) is 6.44. The monoisotopic (exact) mass is 596 g/mol. The molecule has 3 aromatic heterocycles. The number of carbonyl (C=O) groups is 2. The summed E-state index contributed by atoms with van der Waals surface area (Å²) in [6.07, 6.45) is 3.86. The molecule has 1 amide bonds. The molecular formula is C31H44N4O6Si. The first-order chi connectivity index (χ1) is 19.8. The number of fused-ring (bicyclic) bond motifs is 2. The van der Waals surface area contributed by atoms with Gasteiger partial charge < -0.3 is 23.8 Å². The van der Waals surface area contributed by atoms with Gasteiger partial charge in [-0.1, -0.05) is 26.6 Å². The lowest BCUT2D eigenvalue weighted by molar-refractivity contribution is 0.0202. The van der Waals surface area contributed by atoms with E-state index < -0.39 is 19.6 Å². The number of amides is 1. The van der Waals surface area contributed by atoms with Crippen molar-refractivity contribution in [3.63, 3.8) is 0 Å². The van der Waals surface area contributed by atoms with E-state index in [2.05, 4.69) is 31.5 Å². The zero-order valence-corrected chi connectivity index (χ0v) is 27.2. The van der Waals surface area contributed by atoms with E-state index in [1.807, 2.05) is 26.8 Å². The van der Waals surface area contributed by atoms with E-state index in [0.29, 0.717) is 47.9 Å². The van der Waals surface area contributed by atoms with Gasteiger partial charge in [0.05, 0.1) is 30.4 Å². The molecule has 4 heterocycles. The first-order valence-electron chi connectivity index (χ1n) is 14.7. The average molecular weight is 597 g/mol. The molecule has 10 nitrogen and oxygen atoms in total. The number of rotatable bonds is 10. The van der Waals surface area contributed by atoms with E-state index in [1.54, 1.807) is 40.9 Å². The molecule has 1 aliphatic heterocycles. The third kappa shape index (κ3) is 7.68. The average Bonchev–Trinajstić information content (AvgIpc) is 3.28. The molecule has 0 bridgehead atoms. The van der Waals surface area contributed by atoms with Crippen molar-refractivity contribution in [3.05, 3.63) is 47.5 Å². The van der Waals surface area contributed by atoms with Crippen molar-refractivity contribution in [1.82, 2.24) is 19.4 Å². The van der Waals surface area contributed by atoms with Crippen molar-refractivity contribution in [3.8, 4) is 11.5 Å². The predicted molar refractivity (Wildman–Crippen MR) is 164 cm³/mol. The second-order valence-electron chi connectivity index (χ2n) is 12.9. The molecule has 228 valence electrons. The van der Waals surface area contributed by atoms with Crippen LogP contribution >= 0.6 is 0 Å². The first kappa shape index (κ1) is 31.5. The minimum absolute atomic E-state index is 0.102. The molecule has 1 aliphatic rings. The molecule has 0 unspecified atom stereocenters. The third-order valence-electron chi connectivity index (χ3n) is 7.00. The Labute approximate surface area is 249 Å². The van der Waals surface area contributed by atoms with Gasteiger partial charge in [-0.15, -0.1) is 0 Å². The van der Waals surface area contributed by atoms with Crippen LogP contribution in [0.5, 0.6) is 11.5 Å². The van der Waals surface area contributed by atoms with Gasteiger partial charge in [-0.05, 0) is 63.9 Å². The summed E-state index contributed by atoms with van der Waals surface area (Å²) in [5, 5.41) is 0.661. The largest absolute Gasteiger partial charge is 0.461 e. The Bertz CT molecular complexity index is 1430. The van der Waals surface area contributed by atoms with Gasteiger partial charge in [0.1, 0.15) is 35.2 Å². The smallest absolute Gasteiger partial charge is 0.410 e. The van der Waals surface area contributed by atoms with Gasteiger partial charge in [-0.3, -0.25) is 9.55 Å². The van der Waals surface area contributed by atoms with Crippen LogP contribution in [0.4, 0.5) is 4.79 Å². The highest BCUT2D eigenvalue weighted by molar-refractivity contribution is 6.76. The highest BCUT2D eigenvalue weighted by Crippen LogP contribution is 2.35. The van der Waals surface area contributed by atoms with Crippen LogP contribution in [-0.2, 0) is 27.5 Å². The van der Waals surface area contributed by atoms with Gasteiger partial charge in [0.25, 0.3) is 0 Å². The Kier molecular flexibility index (Phi) is 9.62. The second-order valence-corrected chi connectivity index (χ2v) is 18.5. The summed E-state index contributed by atoms with van der Waals surface area (Å²) in [4.78, 5) is 36.8. The standard InChI is InChI=1S/C31H44N4O6Si/c1-9-21-18-34(30(37)41-31(3,4)5)19-22-15-23(17-33-27(21)22)40-26-11-12-32-28-24(26)16-25(29(36)39-10-2)35(28)20-38-13-14-42(6,7)8/h11-12,15-17,21H,9-10,13-14,18-20H2,1-8H3/t21-/m0/s1. The molecular weight excluding hydrogens is 552 g/mol. The molecule has 11 heteroatoms. The van der Waals surface area contributed by atoms with E-state index in [-0.39, 0.29) is 25.3 Å². The van der Waals surface area contributed by atoms with Crippen molar-refractivity contribution in [1.29, 1.82) is 0 Å². The highest BCUT2D eigenvalue weighted by atomic mass is 28.3. The van der Waals surface area contributed by atoms with E-state index in [0.717, 1.165) is 23.7 Å². The maximum atomic E-state index is 12.9. The quantitative estimate of drug-likeness (QED) is 0.141. The van der Waals surface area contributed by atoms with Crippen molar-refractivity contribution in [2.24, 2.45) is 0 Å². The van der Waals surface area contributed by atoms with E-state index >= 15 is 0 Å². The van der Waals surface area contributed by atoms with Crippen molar-refractivity contribution in [2.75, 3.05) is 19.8 Å². The lowest BCUT2D eigenvalue weighted by atomic mass is 9.93. The molecule has 0 fully saturated rings. The Morgan fingerprint density at radius 2 is 1.88 bits per heavy atom. The number of nitrogens with zero attached hydrogens (tertiary/aromatic N) is 4. The Morgan fingerprint density at radius 3 is 2.55 bits per heavy atom. The first-order valence-corrected chi connectivity index (χ1v) is 18.4. The Hall–Kier alpha value is -3.44. The highest BCUT2D eigenvalue weighted by Gasteiger charge is 2.31. The zero-order chi connectivity index (χ0) is 30.7. The fourth-order valence-electron chi connectivity index (χ4n) is 4.84. The van der Waals surface area contributed by atoms with Gasteiger partial charge >= 0.3 is 12.1 Å². The summed E-state index contributed by atoms with van der Waals surface area (Å²) in [5.74, 6) is 0.711. The van der Waals surface area contributed by atoms with Gasteiger partial charge in [-0.2, -0.15) is 0 Å². The number of aromatic nitrogens is 3. The van der Waals surface area contributed by atoms with Crippen LogP contribution in [0, 0.1) is 0 Å². The minimum Gasteiger partial charge on any atom is -0.461 e. The number of hydrogen-bond acceptors (Lipinski definition) is 8. The van der Waals surface area contributed by atoms with Gasteiger partial charge in [0.15, 0.2) is 0 Å². The van der Waals surface area contributed by atoms with Crippen LogP contribution < -0.4 is 4.74 Å². The molecule has 0 saturated carbocycles. The fourth-order valence-corrected chi connectivity index (χ4v) is 5.60. The maximum Gasteiger partial charge on any atom is 0.410 e. The molecule has 4 rings (SSSR count). The molecule has 0 aromatic carbocycles. The summed E-state index contributed by atoms with van der Waals surface area (Å²) >= 11 is 0. The molecule has 42 heavy (non-hydrogen) atoms. The summed E-state index contributed by atoms with van der Waals surface area (Å²) < 4.78 is 25.0. The molecule has 0 saturated heterocycles. The maximum absolute atomic E-state index is 12.9. The third-order valence-corrected chi connectivity index (χ3v) is 8.70. The van der Waals surface area contributed by atoms with E-state index in [4.69, 9.17) is 23.9 Å². The summed E-state index contributed by atoms with van der Waals surface area (Å²) in [7, 11) is -1.27. The minimum atomic E-state index is -1.27. The number of ether oxygens (including phenoxy) is 4. The van der Waals surface area contributed by atoms with E-state index in [9.17, 15) is 9.59 Å². The lowest BCUT2D eigenvalue weighted by Crippen LogP contribution is -2.41. The predicted octanol–water partition coefficient (Wildman–Crippen LogP) is 6.96. The van der Waals surface area contributed by atoms with Crippen LogP contribution in [0.3, 0.4) is 0 Å². The number of hydrogen-bond donors (Lipinski definition) is 0. The normalized spacial score (nSPS) is 15.4.